The number of aromatic nitrogens is 1. The summed E-state index contributed by atoms with van der Waals surface area (Å²) in [6, 6.07) is 11.1. The molecule has 0 aliphatic heterocycles. The molecule has 0 unspecified atom stereocenters. The molecular formula is C23H23Cl3N4O4. The van der Waals surface area contributed by atoms with Crippen LogP contribution in [0.25, 0.3) is 10.9 Å². The van der Waals surface area contributed by atoms with Crippen LogP contribution >= 0.6 is 34.8 Å². The molecule has 8 nitrogen and oxygen atoms in total. The van der Waals surface area contributed by atoms with Crippen molar-refractivity contribution >= 4 is 69.1 Å². The van der Waals surface area contributed by atoms with E-state index < -0.39 is 17.7 Å². The van der Waals surface area contributed by atoms with Crippen molar-refractivity contribution in [1.29, 1.82) is 0 Å². The van der Waals surface area contributed by atoms with Crippen molar-refractivity contribution in [2.75, 3.05) is 23.9 Å². The van der Waals surface area contributed by atoms with Crippen LogP contribution in [0, 0.1) is 0 Å². The lowest BCUT2D eigenvalue weighted by Gasteiger charge is -2.13. The average molecular weight is 526 g/mol. The number of hydrogen-bond acceptors (Lipinski definition) is 4. The first-order chi connectivity index (χ1) is 16.2. The molecule has 1 aromatic heterocycles. The zero-order valence-electron chi connectivity index (χ0n) is 18.5. The molecule has 0 saturated heterocycles. The Labute approximate surface area is 211 Å². The molecule has 0 fully saturated rings. The normalized spacial score (nSPS) is 11.0. The average Bonchev–Trinajstić information content (AvgIpc) is 3.12. The molecule has 180 valence electrons. The molecule has 3 rings (SSSR count). The number of hydrogen-bond donors (Lipinski definition) is 3. The van der Waals surface area contributed by atoms with E-state index >= 15 is 0 Å². The topological polar surface area (TPSA) is 101 Å². The molecule has 2 aromatic carbocycles. The molecule has 34 heavy (non-hydrogen) atoms. The molecule has 1 heterocycles. The van der Waals surface area contributed by atoms with Crippen LogP contribution in [0.5, 0.6) is 0 Å². The zero-order chi connectivity index (χ0) is 24.8. The molecule has 3 amide bonds. The van der Waals surface area contributed by atoms with E-state index in [0.717, 1.165) is 0 Å². The number of carbonyl (C=O) groups is 3. The predicted octanol–water partition coefficient (Wildman–Crippen LogP) is 4.86. The first-order valence-electron chi connectivity index (χ1n) is 10.4. The van der Waals surface area contributed by atoms with Crippen molar-refractivity contribution in [2.24, 2.45) is 0 Å². The van der Waals surface area contributed by atoms with Gasteiger partial charge in [-0.05, 0) is 62.7 Å². The van der Waals surface area contributed by atoms with Gasteiger partial charge in [0.1, 0.15) is 5.69 Å². The largest absolute Gasteiger partial charge is 0.379 e. The fourth-order valence-electron chi connectivity index (χ4n) is 3.08. The first-order valence-corrected chi connectivity index (χ1v) is 11.6. The maximum atomic E-state index is 13.1. The molecule has 0 radical (unpaired) electrons. The molecule has 3 N–H and O–H groups in total. The summed E-state index contributed by atoms with van der Waals surface area (Å²) < 4.78 is 6.64. The number of ether oxygens (including phenoxy) is 1. The second-order valence-corrected chi connectivity index (χ2v) is 8.90. The van der Waals surface area contributed by atoms with Crippen molar-refractivity contribution in [3.63, 3.8) is 0 Å². The van der Waals surface area contributed by atoms with E-state index in [9.17, 15) is 14.4 Å². The Morgan fingerprint density at radius 3 is 2.38 bits per heavy atom. The van der Waals surface area contributed by atoms with Crippen LogP contribution in [0.4, 0.5) is 5.69 Å². The Hall–Kier alpha value is -2.78. The lowest BCUT2D eigenvalue weighted by molar-refractivity contribution is -0.136. The molecule has 0 saturated carbocycles. The Morgan fingerprint density at radius 2 is 1.68 bits per heavy atom. The summed E-state index contributed by atoms with van der Waals surface area (Å²) in [6.07, 6.45) is 0.638. The summed E-state index contributed by atoms with van der Waals surface area (Å²) >= 11 is 18.2. The van der Waals surface area contributed by atoms with Crippen LogP contribution in [-0.4, -0.2) is 41.7 Å². The van der Waals surface area contributed by atoms with Crippen molar-refractivity contribution < 1.29 is 19.1 Å². The van der Waals surface area contributed by atoms with Gasteiger partial charge in [-0.3, -0.25) is 19.8 Å². The lowest BCUT2D eigenvalue weighted by atomic mass is 10.2. The zero-order valence-corrected chi connectivity index (χ0v) is 20.7. The van der Waals surface area contributed by atoms with Gasteiger partial charge in [-0.1, -0.05) is 34.8 Å². The van der Waals surface area contributed by atoms with Gasteiger partial charge in [-0.25, -0.2) is 4.68 Å². The number of nitrogens with zero attached hydrogens (tertiary/aromatic N) is 1. The molecule has 0 aliphatic carbocycles. The SMILES string of the molecule is CC(C)OCCCNC(=O)C(=O)Nn1c(C(=O)Nc2ccc(Cl)cc2Cl)cc2cc(Cl)ccc21. The third-order valence-corrected chi connectivity index (χ3v) is 5.44. The second kappa shape index (κ2) is 11.6. The van der Waals surface area contributed by atoms with Gasteiger partial charge in [0.25, 0.3) is 5.91 Å². The minimum absolute atomic E-state index is 0.0646. The van der Waals surface area contributed by atoms with E-state index in [0.29, 0.717) is 39.7 Å². The Morgan fingerprint density at radius 1 is 0.971 bits per heavy atom. The number of fused-ring (bicyclic) bond motifs is 1. The highest BCUT2D eigenvalue weighted by Gasteiger charge is 2.21. The van der Waals surface area contributed by atoms with Gasteiger partial charge in [0.05, 0.1) is 22.3 Å². The molecule has 0 aliphatic rings. The third kappa shape index (κ3) is 6.64. The summed E-state index contributed by atoms with van der Waals surface area (Å²) in [5.41, 5.74) is 3.35. The van der Waals surface area contributed by atoms with Crippen LogP contribution < -0.4 is 16.1 Å². The lowest BCUT2D eigenvalue weighted by Crippen LogP contribution is -2.40. The molecule has 0 bridgehead atoms. The van der Waals surface area contributed by atoms with Crippen LogP contribution in [0.3, 0.4) is 0 Å². The maximum Gasteiger partial charge on any atom is 0.328 e. The van der Waals surface area contributed by atoms with Crippen LogP contribution in [0.15, 0.2) is 42.5 Å². The Balaban J connectivity index is 1.79. The van der Waals surface area contributed by atoms with Crippen molar-refractivity contribution in [1.82, 2.24) is 9.99 Å². The Bertz CT molecular complexity index is 1230. The number of halogens is 3. The van der Waals surface area contributed by atoms with Crippen LogP contribution in [0.2, 0.25) is 15.1 Å². The van der Waals surface area contributed by atoms with Crippen LogP contribution in [-0.2, 0) is 14.3 Å². The monoisotopic (exact) mass is 524 g/mol. The van der Waals surface area contributed by atoms with E-state index in [4.69, 9.17) is 39.5 Å². The predicted molar refractivity (Wildman–Crippen MR) is 134 cm³/mol. The minimum atomic E-state index is -0.934. The maximum absolute atomic E-state index is 13.1. The van der Waals surface area contributed by atoms with Gasteiger partial charge in [0.15, 0.2) is 0 Å². The molecule has 11 heteroatoms. The highest BCUT2D eigenvalue weighted by atomic mass is 35.5. The summed E-state index contributed by atoms with van der Waals surface area (Å²) in [7, 11) is 0. The van der Waals surface area contributed by atoms with E-state index in [1.807, 2.05) is 13.8 Å². The summed E-state index contributed by atoms with van der Waals surface area (Å²) in [4.78, 5) is 37.9. The van der Waals surface area contributed by atoms with Crippen molar-refractivity contribution in [3.8, 4) is 0 Å². The molecule has 3 aromatic rings. The van der Waals surface area contributed by atoms with E-state index in [1.54, 1.807) is 36.4 Å². The van der Waals surface area contributed by atoms with Gasteiger partial charge in [-0.15, -0.1) is 0 Å². The van der Waals surface area contributed by atoms with Gasteiger partial charge in [-0.2, -0.15) is 0 Å². The number of anilines is 1. The molecular weight excluding hydrogens is 503 g/mol. The quantitative estimate of drug-likeness (QED) is 0.289. The van der Waals surface area contributed by atoms with Gasteiger partial charge in [0, 0.05) is 28.6 Å². The van der Waals surface area contributed by atoms with Gasteiger partial charge >= 0.3 is 11.8 Å². The Kier molecular flexibility index (Phi) is 8.79. The van der Waals surface area contributed by atoms with E-state index in [-0.39, 0.29) is 23.4 Å². The van der Waals surface area contributed by atoms with Crippen LogP contribution in [0.1, 0.15) is 30.8 Å². The second-order valence-electron chi connectivity index (χ2n) is 7.62. The third-order valence-electron chi connectivity index (χ3n) is 4.65. The number of amides is 3. The van der Waals surface area contributed by atoms with Crippen molar-refractivity contribution in [2.45, 2.75) is 26.4 Å². The van der Waals surface area contributed by atoms with E-state index in [2.05, 4.69) is 16.1 Å². The summed E-state index contributed by atoms with van der Waals surface area (Å²) in [6.45, 7) is 4.55. The standard InChI is InChI=1S/C23H23Cl3N4O4/c1-13(2)34-9-3-8-27-22(32)23(33)29-30-19-7-5-15(24)10-14(19)11-20(30)21(31)28-18-6-4-16(25)12-17(18)26/h4-7,10-13H,3,8-9H2,1-2H3,(H,27,32)(H,28,31)(H,29,33). The van der Waals surface area contributed by atoms with Gasteiger partial charge < -0.3 is 15.4 Å². The first kappa shape index (κ1) is 25.8. The highest BCUT2D eigenvalue weighted by Crippen LogP contribution is 2.27. The fourth-order valence-corrected chi connectivity index (χ4v) is 3.71. The number of nitrogens with one attached hydrogen (secondary N) is 3. The number of rotatable bonds is 8. The minimum Gasteiger partial charge on any atom is -0.379 e. The summed E-state index contributed by atoms with van der Waals surface area (Å²) in [5, 5.41) is 6.91. The van der Waals surface area contributed by atoms with Crippen molar-refractivity contribution in [3.05, 3.63) is 63.2 Å². The summed E-state index contributed by atoms with van der Waals surface area (Å²) in [5.74, 6) is -2.34. The van der Waals surface area contributed by atoms with Gasteiger partial charge in [0.2, 0.25) is 0 Å². The smallest absolute Gasteiger partial charge is 0.328 e. The molecule has 0 spiro atoms. The fraction of sp³-hybridized carbons (Fsp3) is 0.261. The van der Waals surface area contributed by atoms with E-state index in [1.165, 1.54) is 10.7 Å². The highest BCUT2D eigenvalue weighted by molar-refractivity contribution is 6.38. The number of benzene rings is 2. The molecule has 0 atom stereocenters. The number of carbonyl (C=O) groups excluding carboxylic acids is 3.